The van der Waals surface area contributed by atoms with Crippen LogP contribution in [0.5, 0.6) is 0 Å². The Morgan fingerprint density at radius 2 is 2.20 bits per heavy atom. The van der Waals surface area contributed by atoms with Crippen molar-refractivity contribution >= 4 is 17.7 Å². The first-order valence-electron chi connectivity index (χ1n) is 5.66. The molecule has 0 amide bonds. The van der Waals surface area contributed by atoms with Gasteiger partial charge in [-0.1, -0.05) is 12.1 Å². The van der Waals surface area contributed by atoms with Crippen molar-refractivity contribution in [2.24, 2.45) is 0 Å². The zero-order valence-corrected chi connectivity index (χ0v) is 10.6. The SMILES string of the molecule is COC(=O)C=Cc1cnn(-c2ccccc2[N+](=O)[O-])c1. The first kappa shape index (κ1) is 13.5. The summed E-state index contributed by atoms with van der Waals surface area (Å²) in [7, 11) is 1.28. The van der Waals surface area contributed by atoms with Crippen molar-refractivity contribution in [3.63, 3.8) is 0 Å². The maximum Gasteiger partial charge on any atom is 0.330 e. The van der Waals surface area contributed by atoms with E-state index in [1.165, 1.54) is 36.2 Å². The third-order valence-electron chi connectivity index (χ3n) is 2.54. The minimum atomic E-state index is -0.483. The number of aromatic nitrogens is 2. The zero-order chi connectivity index (χ0) is 14.5. The van der Waals surface area contributed by atoms with E-state index < -0.39 is 10.9 Å². The fourth-order valence-electron chi connectivity index (χ4n) is 1.60. The number of esters is 1. The molecule has 1 aromatic carbocycles. The largest absolute Gasteiger partial charge is 0.466 e. The minimum Gasteiger partial charge on any atom is -0.466 e. The summed E-state index contributed by atoms with van der Waals surface area (Å²) in [4.78, 5) is 21.5. The Labute approximate surface area is 114 Å². The molecular formula is C13H11N3O4. The monoisotopic (exact) mass is 273 g/mol. The van der Waals surface area contributed by atoms with E-state index in [0.29, 0.717) is 11.3 Å². The van der Waals surface area contributed by atoms with E-state index in [1.54, 1.807) is 24.4 Å². The molecule has 0 aliphatic rings. The molecule has 102 valence electrons. The van der Waals surface area contributed by atoms with Crippen LogP contribution in [0.2, 0.25) is 0 Å². The lowest BCUT2D eigenvalue weighted by molar-refractivity contribution is -0.384. The van der Waals surface area contributed by atoms with Crippen molar-refractivity contribution in [3.8, 4) is 5.69 Å². The molecule has 0 atom stereocenters. The summed E-state index contributed by atoms with van der Waals surface area (Å²) in [6.45, 7) is 0. The highest BCUT2D eigenvalue weighted by Gasteiger charge is 2.14. The van der Waals surface area contributed by atoms with E-state index in [4.69, 9.17) is 0 Å². The summed E-state index contributed by atoms with van der Waals surface area (Å²) in [5, 5.41) is 15.0. The molecule has 0 bridgehead atoms. The van der Waals surface area contributed by atoms with Crippen LogP contribution < -0.4 is 0 Å². The van der Waals surface area contributed by atoms with Crippen LogP contribution >= 0.6 is 0 Å². The fourth-order valence-corrected chi connectivity index (χ4v) is 1.60. The second-order valence-corrected chi connectivity index (χ2v) is 3.82. The Bertz CT molecular complexity index is 676. The molecule has 0 saturated heterocycles. The lowest BCUT2D eigenvalue weighted by atomic mass is 10.2. The molecule has 1 heterocycles. The summed E-state index contributed by atoms with van der Waals surface area (Å²) in [5.74, 6) is -0.483. The van der Waals surface area contributed by atoms with Crippen LogP contribution in [-0.4, -0.2) is 27.8 Å². The molecular weight excluding hydrogens is 262 g/mol. The molecule has 0 saturated carbocycles. The summed E-state index contributed by atoms with van der Waals surface area (Å²) < 4.78 is 5.86. The van der Waals surface area contributed by atoms with Crippen molar-refractivity contribution in [2.75, 3.05) is 7.11 Å². The second-order valence-electron chi connectivity index (χ2n) is 3.82. The predicted octanol–water partition coefficient (Wildman–Crippen LogP) is 1.97. The number of ether oxygens (including phenoxy) is 1. The van der Waals surface area contributed by atoms with Gasteiger partial charge >= 0.3 is 5.97 Å². The van der Waals surface area contributed by atoms with Gasteiger partial charge in [0.05, 0.1) is 18.2 Å². The third-order valence-corrected chi connectivity index (χ3v) is 2.54. The summed E-state index contributed by atoms with van der Waals surface area (Å²) in [5.41, 5.74) is 0.947. The number of hydrogen-bond donors (Lipinski definition) is 0. The molecule has 0 aliphatic carbocycles. The molecule has 0 spiro atoms. The number of methoxy groups -OCH3 is 1. The first-order valence-corrected chi connectivity index (χ1v) is 5.66. The standard InChI is InChI=1S/C13H11N3O4/c1-20-13(17)7-6-10-8-14-15(9-10)11-4-2-3-5-12(11)16(18)19/h2-9H,1H3. The molecule has 0 fully saturated rings. The highest BCUT2D eigenvalue weighted by atomic mass is 16.6. The van der Waals surface area contributed by atoms with Crippen LogP contribution in [-0.2, 0) is 9.53 Å². The molecule has 0 N–H and O–H groups in total. The molecule has 20 heavy (non-hydrogen) atoms. The number of hydrogen-bond acceptors (Lipinski definition) is 5. The van der Waals surface area contributed by atoms with E-state index >= 15 is 0 Å². The van der Waals surface area contributed by atoms with Gasteiger partial charge in [0.25, 0.3) is 5.69 Å². The molecule has 0 unspecified atom stereocenters. The van der Waals surface area contributed by atoms with Gasteiger partial charge in [-0.25, -0.2) is 9.48 Å². The Balaban J connectivity index is 2.32. The number of carbonyl (C=O) groups excluding carboxylic acids is 1. The minimum absolute atomic E-state index is 0.0425. The maximum atomic E-state index is 11.0. The Morgan fingerprint density at radius 3 is 2.90 bits per heavy atom. The van der Waals surface area contributed by atoms with Gasteiger partial charge in [-0.3, -0.25) is 10.1 Å². The van der Waals surface area contributed by atoms with Crippen LogP contribution in [0.1, 0.15) is 5.56 Å². The van der Waals surface area contributed by atoms with Crippen molar-refractivity contribution in [3.05, 3.63) is 58.4 Å². The van der Waals surface area contributed by atoms with Gasteiger partial charge in [0.2, 0.25) is 0 Å². The molecule has 2 aromatic rings. The topological polar surface area (TPSA) is 87.3 Å². The average Bonchev–Trinajstić information content (AvgIpc) is 2.93. The number of nitrogens with zero attached hydrogens (tertiary/aromatic N) is 3. The van der Waals surface area contributed by atoms with E-state index in [1.807, 2.05) is 0 Å². The highest BCUT2D eigenvalue weighted by Crippen LogP contribution is 2.21. The van der Waals surface area contributed by atoms with Crippen molar-refractivity contribution in [1.29, 1.82) is 0 Å². The number of nitro benzene ring substituents is 1. The third kappa shape index (κ3) is 2.89. The van der Waals surface area contributed by atoms with Gasteiger partial charge in [0, 0.05) is 23.9 Å². The zero-order valence-electron chi connectivity index (χ0n) is 10.6. The van der Waals surface area contributed by atoms with E-state index in [9.17, 15) is 14.9 Å². The van der Waals surface area contributed by atoms with Crippen LogP contribution in [0.25, 0.3) is 11.8 Å². The number of nitro groups is 1. The average molecular weight is 273 g/mol. The number of rotatable bonds is 4. The van der Waals surface area contributed by atoms with E-state index in [0.717, 1.165) is 0 Å². The molecule has 1 aromatic heterocycles. The summed E-state index contributed by atoms with van der Waals surface area (Å²) in [6.07, 6.45) is 5.85. The predicted molar refractivity (Wildman–Crippen MR) is 71.3 cm³/mol. The van der Waals surface area contributed by atoms with Crippen molar-refractivity contribution in [2.45, 2.75) is 0 Å². The quantitative estimate of drug-likeness (QED) is 0.368. The van der Waals surface area contributed by atoms with E-state index in [-0.39, 0.29) is 5.69 Å². The van der Waals surface area contributed by atoms with Gasteiger partial charge in [-0.2, -0.15) is 5.10 Å². The van der Waals surface area contributed by atoms with Crippen LogP contribution in [0, 0.1) is 10.1 Å². The second kappa shape index (κ2) is 5.79. The Kier molecular flexibility index (Phi) is 3.90. The Hall–Kier alpha value is -2.96. The summed E-state index contributed by atoms with van der Waals surface area (Å²) in [6, 6.07) is 6.27. The summed E-state index contributed by atoms with van der Waals surface area (Å²) >= 11 is 0. The number of benzene rings is 1. The van der Waals surface area contributed by atoms with Crippen LogP contribution in [0.15, 0.2) is 42.7 Å². The Morgan fingerprint density at radius 1 is 1.45 bits per heavy atom. The number of para-hydroxylation sites is 2. The van der Waals surface area contributed by atoms with Crippen molar-refractivity contribution in [1.82, 2.24) is 9.78 Å². The normalized spacial score (nSPS) is 10.7. The highest BCUT2D eigenvalue weighted by molar-refractivity contribution is 5.86. The molecule has 0 aliphatic heterocycles. The van der Waals surface area contributed by atoms with Crippen LogP contribution in [0.4, 0.5) is 5.69 Å². The molecule has 2 rings (SSSR count). The first-order chi connectivity index (χ1) is 9.61. The molecule has 0 radical (unpaired) electrons. The van der Waals surface area contributed by atoms with Gasteiger partial charge in [0.1, 0.15) is 5.69 Å². The fraction of sp³-hybridized carbons (Fsp3) is 0.0769. The molecule has 7 nitrogen and oxygen atoms in total. The maximum absolute atomic E-state index is 11.0. The van der Waals surface area contributed by atoms with Gasteiger partial charge in [0.15, 0.2) is 0 Å². The van der Waals surface area contributed by atoms with Crippen molar-refractivity contribution < 1.29 is 14.5 Å². The lowest BCUT2D eigenvalue weighted by Crippen LogP contribution is -1.99. The molecule has 7 heteroatoms. The number of carbonyl (C=O) groups is 1. The van der Waals surface area contributed by atoms with Gasteiger partial charge < -0.3 is 4.74 Å². The van der Waals surface area contributed by atoms with Crippen LogP contribution in [0.3, 0.4) is 0 Å². The van der Waals surface area contributed by atoms with E-state index in [2.05, 4.69) is 9.84 Å². The smallest absolute Gasteiger partial charge is 0.330 e. The van der Waals surface area contributed by atoms with Gasteiger partial charge in [-0.15, -0.1) is 0 Å². The van der Waals surface area contributed by atoms with Gasteiger partial charge in [-0.05, 0) is 12.1 Å². The lowest BCUT2D eigenvalue weighted by Gasteiger charge is -2.01.